The van der Waals surface area contributed by atoms with E-state index in [0.717, 1.165) is 0 Å². The topological polar surface area (TPSA) is 69.2 Å². The van der Waals surface area contributed by atoms with E-state index in [0.29, 0.717) is 17.1 Å². The van der Waals surface area contributed by atoms with Gasteiger partial charge in [-0.3, -0.25) is 0 Å². The number of ether oxygens (including phenoxy) is 3. The van der Waals surface area contributed by atoms with Crippen LogP contribution in [0.4, 0.5) is 4.79 Å². The highest BCUT2D eigenvalue weighted by atomic mass is 16.5. The molecule has 0 spiro atoms. The molecule has 1 rings (SSSR count). The number of amides is 1. The molecule has 0 radical (unpaired) electrons. The number of benzene rings is 1. The molecule has 0 aliphatic carbocycles. The van der Waals surface area contributed by atoms with Gasteiger partial charge in [-0.1, -0.05) is 0 Å². The van der Waals surface area contributed by atoms with E-state index in [-0.39, 0.29) is 0 Å². The van der Waals surface area contributed by atoms with E-state index in [9.17, 15) is 4.79 Å². The SMILES string of the molecule is COC(=O)N/N=C/c1cc(OC)ccc1OC. The number of nitrogens with one attached hydrogen (secondary N) is 1. The van der Waals surface area contributed by atoms with Crippen LogP contribution in [0.2, 0.25) is 0 Å². The second-order valence-corrected chi connectivity index (χ2v) is 2.97. The molecule has 0 saturated carbocycles. The Kier molecular flexibility index (Phi) is 4.80. The molecule has 1 aromatic carbocycles. The first-order chi connectivity index (χ1) is 8.21. The summed E-state index contributed by atoms with van der Waals surface area (Å²) in [6.45, 7) is 0. The molecule has 1 N–H and O–H groups in total. The maximum absolute atomic E-state index is 10.8. The summed E-state index contributed by atoms with van der Waals surface area (Å²) < 4.78 is 14.6. The van der Waals surface area contributed by atoms with Crippen molar-refractivity contribution in [1.82, 2.24) is 5.43 Å². The number of carbonyl (C=O) groups is 1. The van der Waals surface area contributed by atoms with Crippen molar-refractivity contribution in [3.8, 4) is 11.5 Å². The zero-order valence-corrected chi connectivity index (χ0v) is 9.89. The molecule has 0 atom stereocenters. The van der Waals surface area contributed by atoms with E-state index in [1.54, 1.807) is 32.4 Å². The van der Waals surface area contributed by atoms with Crippen LogP contribution in [-0.4, -0.2) is 33.6 Å². The molecule has 0 aromatic heterocycles. The maximum atomic E-state index is 10.8. The standard InChI is InChI=1S/C11H14N2O4/c1-15-9-4-5-10(16-2)8(6-9)7-12-13-11(14)17-3/h4-7H,1-3H3,(H,13,14)/b12-7+. The number of rotatable bonds is 4. The first-order valence-electron chi connectivity index (χ1n) is 4.80. The zero-order valence-electron chi connectivity index (χ0n) is 9.89. The Morgan fingerprint density at radius 1 is 1.29 bits per heavy atom. The van der Waals surface area contributed by atoms with Crippen molar-refractivity contribution >= 4 is 12.3 Å². The van der Waals surface area contributed by atoms with Gasteiger partial charge in [0.2, 0.25) is 0 Å². The third-order valence-electron chi connectivity index (χ3n) is 1.98. The molecule has 0 heterocycles. The lowest BCUT2D eigenvalue weighted by Gasteiger charge is -2.06. The van der Waals surface area contributed by atoms with E-state index in [1.165, 1.54) is 13.3 Å². The molecular formula is C11H14N2O4. The Hall–Kier alpha value is -2.24. The Balaban J connectivity index is 2.83. The normalized spacial score (nSPS) is 10.1. The molecule has 0 aliphatic heterocycles. The van der Waals surface area contributed by atoms with Gasteiger partial charge in [0.05, 0.1) is 27.5 Å². The van der Waals surface area contributed by atoms with E-state index in [4.69, 9.17) is 9.47 Å². The Bertz CT molecular complexity index is 418. The Morgan fingerprint density at radius 2 is 2.06 bits per heavy atom. The highest BCUT2D eigenvalue weighted by Crippen LogP contribution is 2.22. The molecule has 0 fully saturated rings. The molecule has 6 nitrogen and oxygen atoms in total. The minimum Gasteiger partial charge on any atom is -0.497 e. The van der Waals surface area contributed by atoms with E-state index in [1.807, 2.05) is 0 Å². The van der Waals surface area contributed by atoms with Gasteiger partial charge in [0.25, 0.3) is 0 Å². The summed E-state index contributed by atoms with van der Waals surface area (Å²) in [5.41, 5.74) is 2.87. The predicted molar refractivity (Wildman–Crippen MR) is 62.7 cm³/mol. The van der Waals surface area contributed by atoms with Crippen molar-refractivity contribution < 1.29 is 19.0 Å². The molecular weight excluding hydrogens is 224 g/mol. The lowest BCUT2D eigenvalue weighted by Crippen LogP contribution is -2.16. The van der Waals surface area contributed by atoms with Crippen molar-refractivity contribution in [3.63, 3.8) is 0 Å². The first kappa shape index (κ1) is 12.8. The van der Waals surface area contributed by atoms with E-state index >= 15 is 0 Å². The average molecular weight is 238 g/mol. The lowest BCUT2D eigenvalue weighted by molar-refractivity contribution is 0.171. The fourth-order valence-corrected chi connectivity index (χ4v) is 1.14. The third kappa shape index (κ3) is 3.67. The van der Waals surface area contributed by atoms with Crippen molar-refractivity contribution in [2.45, 2.75) is 0 Å². The van der Waals surface area contributed by atoms with Crippen LogP contribution in [0.3, 0.4) is 0 Å². The van der Waals surface area contributed by atoms with Gasteiger partial charge < -0.3 is 14.2 Å². The van der Waals surface area contributed by atoms with Crippen LogP contribution in [0.5, 0.6) is 11.5 Å². The van der Waals surface area contributed by atoms with E-state index < -0.39 is 6.09 Å². The second-order valence-electron chi connectivity index (χ2n) is 2.97. The third-order valence-corrected chi connectivity index (χ3v) is 1.98. The van der Waals surface area contributed by atoms with Gasteiger partial charge in [-0.25, -0.2) is 10.2 Å². The van der Waals surface area contributed by atoms with Crippen molar-refractivity contribution in [1.29, 1.82) is 0 Å². The average Bonchev–Trinajstić information content (AvgIpc) is 2.38. The minimum absolute atomic E-state index is 0.626. The smallest absolute Gasteiger partial charge is 0.427 e. The lowest BCUT2D eigenvalue weighted by atomic mass is 10.2. The van der Waals surface area contributed by atoms with Crippen LogP contribution in [0.25, 0.3) is 0 Å². The number of nitrogens with zero attached hydrogens (tertiary/aromatic N) is 1. The van der Waals surface area contributed by atoms with Crippen molar-refractivity contribution in [2.24, 2.45) is 5.10 Å². The van der Waals surface area contributed by atoms with Crippen molar-refractivity contribution in [3.05, 3.63) is 23.8 Å². The number of carbonyl (C=O) groups excluding carboxylic acids is 1. The molecule has 0 aliphatic rings. The van der Waals surface area contributed by atoms with Crippen LogP contribution in [0.15, 0.2) is 23.3 Å². The van der Waals surface area contributed by atoms with E-state index in [2.05, 4.69) is 15.3 Å². The monoisotopic (exact) mass is 238 g/mol. The molecule has 0 saturated heterocycles. The molecule has 6 heteroatoms. The summed E-state index contributed by atoms with van der Waals surface area (Å²) in [5.74, 6) is 1.30. The fraction of sp³-hybridized carbons (Fsp3) is 0.273. The molecule has 92 valence electrons. The molecule has 1 aromatic rings. The zero-order chi connectivity index (χ0) is 12.7. The van der Waals surface area contributed by atoms with Gasteiger partial charge in [-0.15, -0.1) is 0 Å². The molecule has 17 heavy (non-hydrogen) atoms. The van der Waals surface area contributed by atoms with Gasteiger partial charge in [0.15, 0.2) is 0 Å². The first-order valence-corrected chi connectivity index (χ1v) is 4.80. The van der Waals surface area contributed by atoms with Gasteiger partial charge >= 0.3 is 6.09 Å². The van der Waals surface area contributed by atoms with Crippen LogP contribution in [0, 0.1) is 0 Å². The van der Waals surface area contributed by atoms with Crippen molar-refractivity contribution in [2.75, 3.05) is 21.3 Å². The van der Waals surface area contributed by atoms with Gasteiger partial charge in [0.1, 0.15) is 11.5 Å². The molecule has 1 amide bonds. The van der Waals surface area contributed by atoms with Crippen LogP contribution in [0.1, 0.15) is 5.56 Å². The minimum atomic E-state index is -0.636. The number of hydrogen-bond acceptors (Lipinski definition) is 5. The molecule has 0 unspecified atom stereocenters. The number of hydrazone groups is 1. The predicted octanol–water partition coefficient (Wildman–Crippen LogP) is 1.39. The highest BCUT2D eigenvalue weighted by Gasteiger charge is 2.02. The quantitative estimate of drug-likeness (QED) is 0.635. The maximum Gasteiger partial charge on any atom is 0.427 e. The second kappa shape index (κ2) is 6.37. The van der Waals surface area contributed by atoms with Gasteiger partial charge in [0, 0.05) is 5.56 Å². The van der Waals surface area contributed by atoms with Crippen LogP contribution < -0.4 is 14.9 Å². The van der Waals surface area contributed by atoms with Gasteiger partial charge in [-0.2, -0.15) is 5.10 Å². The summed E-state index contributed by atoms with van der Waals surface area (Å²) in [6, 6.07) is 5.25. The highest BCUT2D eigenvalue weighted by molar-refractivity contribution is 5.85. The Labute approximate surface area is 99.2 Å². The largest absolute Gasteiger partial charge is 0.497 e. The summed E-state index contributed by atoms with van der Waals surface area (Å²) in [4.78, 5) is 10.8. The molecule has 0 bridgehead atoms. The van der Waals surface area contributed by atoms with Crippen LogP contribution in [-0.2, 0) is 4.74 Å². The summed E-state index contributed by atoms with van der Waals surface area (Å²) in [5, 5.41) is 3.71. The summed E-state index contributed by atoms with van der Waals surface area (Å²) in [7, 11) is 4.37. The number of hydrogen-bond donors (Lipinski definition) is 1. The van der Waals surface area contributed by atoms with Gasteiger partial charge in [-0.05, 0) is 18.2 Å². The number of methoxy groups -OCH3 is 3. The summed E-state index contributed by atoms with van der Waals surface area (Å²) in [6.07, 6.45) is 0.807. The van der Waals surface area contributed by atoms with Crippen LogP contribution >= 0.6 is 0 Å². The Morgan fingerprint density at radius 3 is 2.65 bits per heavy atom. The summed E-state index contributed by atoms with van der Waals surface area (Å²) >= 11 is 0. The fourth-order valence-electron chi connectivity index (χ4n) is 1.14.